The van der Waals surface area contributed by atoms with E-state index in [1.165, 1.54) is 18.2 Å². The maximum atomic E-state index is 13.0. The van der Waals surface area contributed by atoms with Crippen LogP contribution in [0.5, 0.6) is 0 Å². The molecule has 0 saturated carbocycles. The highest BCUT2D eigenvalue weighted by Gasteiger charge is 2.15. The van der Waals surface area contributed by atoms with Crippen molar-refractivity contribution >= 4 is 17.4 Å². The van der Waals surface area contributed by atoms with E-state index in [2.05, 4.69) is 0 Å². The van der Waals surface area contributed by atoms with Crippen LogP contribution < -0.4 is 0 Å². The van der Waals surface area contributed by atoms with Gasteiger partial charge in [0.25, 0.3) is 0 Å². The number of hydrogen-bond acceptors (Lipinski definition) is 1. The van der Waals surface area contributed by atoms with E-state index < -0.39 is 0 Å². The molecule has 18 heavy (non-hydrogen) atoms. The molecule has 92 valence electrons. The van der Waals surface area contributed by atoms with E-state index in [-0.39, 0.29) is 11.6 Å². The van der Waals surface area contributed by atoms with E-state index in [1.807, 2.05) is 0 Å². The number of carbonyl (C=O) groups is 1. The quantitative estimate of drug-likeness (QED) is 0.737. The number of carbonyl (C=O) groups excluding carboxylic acids is 1. The summed E-state index contributed by atoms with van der Waals surface area (Å²) in [5.74, 6) is -0.473. The first-order valence-electron chi connectivity index (χ1n) is 5.56. The number of rotatable bonds is 2. The lowest BCUT2D eigenvalue weighted by atomic mass is 9.96. The van der Waals surface area contributed by atoms with Gasteiger partial charge in [0.05, 0.1) is 0 Å². The van der Waals surface area contributed by atoms with E-state index in [9.17, 15) is 9.18 Å². The minimum atomic E-state index is -0.341. The third-order valence-corrected chi connectivity index (χ3v) is 3.35. The maximum absolute atomic E-state index is 13.0. The van der Waals surface area contributed by atoms with Crippen LogP contribution >= 0.6 is 11.6 Å². The predicted octanol–water partition coefficient (Wildman–Crippen LogP) is 4.33. The Kier molecular flexibility index (Phi) is 3.48. The van der Waals surface area contributed by atoms with Crippen LogP contribution in [0.4, 0.5) is 4.39 Å². The molecule has 0 aliphatic carbocycles. The van der Waals surface area contributed by atoms with Gasteiger partial charge in [-0.3, -0.25) is 4.79 Å². The topological polar surface area (TPSA) is 17.1 Å². The summed E-state index contributed by atoms with van der Waals surface area (Å²) >= 11 is 6.00. The van der Waals surface area contributed by atoms with Crippen molar-refractivity contribution in [2.75, 3.05) is 0 Å². The van der Waals surface area contributed by atoms with Crippen molar-refractivity contribution in [3.8, 4) is 0 Å². The Labute approximate surface area is 110 Å². The van der Waals surface area contributed by atoms with E-state index in [1.54, 1.807) is 32.0 Å². The summed E-state index contributed by atoms with van der Waals surface area (Å²) < 4.78 is 13.0. The number of halogens is 2. The van der Waals surface area contributed by atoms with Crippen LogP contribution in [0, 0.1) is 19.7 Å². The summed E-state index contributed by atoms with van der Waals surface area (Å²) in [4.78, 5) is 12.4. The molecule has 0 N–H and O–H groups in total. The van der Waals surface area contributed by atoms with Crippen molar-refractivity contribution in [2.24, 2.45) is 0 Å². The zero-order valence-corrected chi connectivity index (χ0v) is 10.9. The molecule has 0 bridgehead atoms. The molecule has 0 unspecified atom stereocenters. The Balaban J connectivity index is 2.51. The Bertz CT molecular complexity index is 620. The molecule has 1 nitrogen and oxygen atoms in total. The van der Waals surface area contributed by atoms with Crippen LogP contribution in [-0.2, 0) is 0 Å². The fourth-order valence-electron chi connectivity index (χ4n) is 1.88. The molecule has 3 heteroatoms. The van der Waals surface area contributed by atoms with Gasteiger partial charge in [-0.1, -0.05) is 23.7 Å². The molecule has 2 aromatic carbocycles. The SMILES string of the molecule is Cc1cc(F)ccc1C(=O)c1cccc(Cl)c1C. The largest absolute Gasteiger partial charge is 0.289 e. The van der Waals surface area contributed by atoms with Crippen LogP contribution in [0.1, 0.15) is 27.0 Å². The van der Waals surface area contributed by atoms with E-state index >= 15 is 0 Å². The molecular weight excluding hydrogens is 251 g/mol. The summed E-state index contributed by atoms with van der Waals surface area (Å²) in [5, 5.41) is 0.556. The smallest absolute Gasteiger partial charge is 0.193 e. The van der Waals surface area contributed by atoms with Crippen molar-refractivity contribution in [1.82, 2.24) is 0 Å². The molecule has 0 fully saturated rings. The van der Waals surface area contributed by atoms with Gasteiger partial charge in [-0.15, -0.1) is 0 Å². The molecule has 2 aromatic rings. The summed E-state index contributed by atoms with van der Waals surface area (Å²) in [6.45, 7) is 3.52. The number of benzene rings is 2. The molecule has 0 aromatic heterocycles. The van der Waals surface area contributed by atoms with Crippen LogP contribution in [-0.4, -0.2) is 5.78 Å². The minimum absolute atomic E-state index is 0.132. The van der Waals surface area contributed by atoms with Gasteiger partial charge in [0.15, 0.2) is 5.78 Å². The second kappa shape index (κ2) is 4.91. The van der Waals surface area contributed by atoms with Crippen LogP contribution in [0.25, 0.3) is 0 Å². The molecule has 0 radical (unpaired) electrons. The lowest BCUT2D eigenvalue weighted by Crippen LogP contribution is -2.06. The van der Waals surface area contributed by atoms with Gasteiger partial charge < -0.3 is 0 Å². The van der Waals surface area contributed by atoms with Crippen LogP contribution in [0.15, 0.2) is 36.4 Å². The Morgan fingerprint density at radius 1 is 1.11 bits per heavy atom. The molecule has 0 saturated heterocycles. The lowest BCUT2D eigenvalue weighted by Gasteiger charge is -2.08. The number of hydrogen-bond donors (Lipinski definition) is 0. The summed E-state index contributed by atoms with van der Waals surface area (Å²) in [7, 11) is 0. The second-order valence-corrected chi connectivity index (χ2v) is 4.61. The fourth-order valence-corrected chi connectivity index (χ4v) is 2.05. The van der Waals surface area contributed by atoms with E-state index in [0.717, 1.165) is 5.56 Å². The minimum Gasteiger partial charge on any atom is -0.289 e. The zero-order chi connectivity index (χ0) is 13.3. The monoisotopic (exact) mass is 262 g/mol. The van der Waals surface area contributed by atoms with Crippen LogP contribution in [0.2, 0.25) is 5.02 Å². The maximum Gasteiger partial charge on any atom is 0.193 e. The summed E-state index contributed by atoms with van der Waals surface area (Å²) in [6.07, 6.45) is 0. The summed E-state index contributed by atoms with van der Waals surface area (Å²) in [5.41, 5.74) is 2.42. The molecule has 0 atom stereocenters. The van der Waals surface area contributed by atoms with E-state index in [4.69, 9.17) is 11.6 Å². The molecule has 0 heterocycles. The second-order valence-electron chi connectivity index (χ2n) is 4.20. The third-order valence-electron chi connectivity index (χ3n) is 2.95. The zero-order valence-electron chi connectivity index (χ0n) is 10.1. The van der Waals surface area contributed by atoms with Crippen LogP contribution in [0.3, 0.4) is 0 Å². The fraction of sp³-hybridized carbons (Fsp3) is 0.133. The molecule has 2 rings (SSSR count). The number of ketones is 1. The molecule has 0 amide bonds. The van der Waals surface area contributed by atoms with Gasteiger partial charge in [-0.2, -0.15) is 0 Å². The highest BCUT2D eigenvalue weighted by molar-refractivity contribution is 6.32. The van der Waals surface area contributed by atoms with Crippen molar-refractivity contribution in [2.45, 2.75) is 13.8 Å². The van der Waals surface area contributed by atoms with E-state index in [0.29, 0.717) is 21.7 Å². The third kappa shape index (κ3) is 2.29. The van der Waals surface area contributed by atoms with Crippen molar-refractivity contribution in [3.05, 3.63) is 69.5 Å². The van der Waals surface area contributed by atoms with Crippen molar-refractivity contribution < 1.29 is 9.18 Å². The number of aryl methyl sites for hydroxylation is 1. The van der Waals surface area contributed by atoms with Gasteiger partial charge in [-0.05, 0) is 49.2 Å². The normalized spacial score (nSPS) is 10.4. The molecule has 0 aliphatic rings. The molecule has 0 spiro atoms. The predicted molar refractivity (Wildman–Crippen MR) is 70.8 cm³/mol. The van der Waals surface area contributed by atoms with Gasteiger partial charge in [-0.25, -0.2) is 4.39 Å². The average molecular weight is 263 g/mol. The first kappa shape index (κ1) is 12.8. The standard InChI is InChI=1S/C15H12ClFO/c1-9-8-11(17)6-7-12(9)15(18)13-4-3-5-14(16)10(13)2/h3-8H,1-2H3. The summed E-state index contributed by atoms with van der Waals surface area (Å²) in [6, 6.07) is 9.36. The molecular formula is C15H12ClFO. The average Bonchev–Trinajstić information content (AvgIpc) is 2.32. The van der Waals surface area contributed by atoms with Gasteiger partial charge in [0, 0.05) is 16.1 Å². The van der Waals surface area contributed by atoms with Crippen molar-refractivity contribution in [1.29, 1.82) is 0 Å². The highest BCUT2D eigenvalue weighted by atomic mass is 35.5. The van der Waals surface area contributed by atoms with Gasteiger partial charge in [0.1, 0.15) is 5.82 Å². The van der Waals surface area contributed by atoms with Gasteiger partial charge >= 0.3 is 0 Å². The first-order valence-corrected chi connectivity index (χ1v) is 5.94. The first-order chi connectivity index (χ1) is 8.50. The highest BCUT2D eigenvalue weighted by Crippen LogP contribution is 2.23. The Morgan fingerprint density at radius 3 is 2.50 bits per heavy atom. The van der Waals surface area contributed by atoms with Crippen molar-refractivity contribution in [3.63, 3.8) is 0 Å². The Morgan fingerprint density at radius 2 is 1.83 bits per heavy atom. The molecule has 0 aliphatic heterocycles. The lowest BCUT2D eigenvalue weighted by molar-refractivity contribution is 0.103. The van der Waals surface area contributed by atoms with Gasteiger partial charge in [0.2, 0.25) is 0 Å². The Hall–Kier alpha value is -1.67.